The summed E-state index contributed by atoms with van der Waals surface area (Å²) in [7, 11) is 1.72. The Bertz CT molecular complexity index is 600. The lowest BCUT2D eigenvalue weighted by Crippen LogP contribution is -2.15. The summed E-state index contributed by atoms with van der Waals surface area (Å²) in [4.78, 5) is 12.4. The molecule has 0 bridgehead atoms. The molecule has 1 N–H and O–H groups in total. The SMILES string of the molecule is Cc1cc(C)c(C(=O)C(O)c2ccccc2)c(C)c1.O=P. The second-order valence-electron chi connectivity index (χ2n) is 4.95. The fourth-order valence-corrected chi connectivity index (χ4v) is 2.49. The zero-order valence-corrected chi connectivity index (χ0v) is 13.4. The third-order valence-corrected chi connectivity index (χ3v) is 3.29. The van der Waals surface area contributed by atoms with E-state index in [-0.39, 0.29) is 5.78 Å². The van der Waals surface area contributed by atoms with Crippen molar-refractivity contribution in [2.75, 3.05) is 0 Å². The molecular formula is C17H19O3P. The van der Waals surface area contributed by atoms with E-state index in [2.05, 4.69) is 0 Å². The van der Waals surface area contributed by atoms with Crippen molar-refractivity contribution in [2.24, 2.45) is 0 Å². The first-order valence-corrected chi connectivity index (χ1v) is 6.97. The number of aliphatic hydroxyl groups excluding tert-OH is 1. The first-order chi connectivity index (χ1) is 10.0. The van der Waals surface area contributed by atoms with Crippen molar-refractivity contribution in [1.82, 2.24) is 0 Å². The molecule has 0 radical (unpaired) electrons. The number of carbonyl (C=O) groups excluding carboxylic acids is 1. The third-order valence-electron chi connectivity index (χ3n) is 3.29. The number of rotatable bonds is 3. The third kappa shape index (κ3) is 4.07. The Hall–Kier alpha value is -1.83. The van der Waals surface area contributed by atoms with Gasteiger partial charge in [0.15, 0.2) is 5.78 Å². The number of carbonyl (C=O) groups is 1. The summed E-state index contributed by atoms with van der Waals surface area (Å²) >= 11 is 0. The number of aliphatic hydroxyl groups is 1. The van der Waals surface area contributed by atoms with Crippen LogP contribution >= 0.6 is 9.12 Å². The minimum absolute atomic E-state index is 0.235. The van der Waals surface area contributed by atoms with E-state index in [1.165, 1.54) is 0 Å². The average molecular weight is 302 g/mol. The molecule has 2 aromatic rings. The van der Waals surface area contributed by atoms with Gasteiger partial charge in [-0.2, -0.15) is 0 Å². The van der Waals surface area contributed by atoms with Gasteiger partial charge >= 0.3 is 0 Å². The predicted octanol–water partition coefficient (Wildman–Crippen LogP) is 4.00. The van der Waals surface area contributed by atoms with Crippen LogP contribution in [-0.2, 0) is 4.57 Å². The monoisotopic (exact) mass is 302 g/mol. The van der Waals surface area contributed by atoms with Gasteiger partial charge in [0.1, 0.15) is 15.2 Å². The van der Waals surface area contributed by atoms with Crippen molar-refractivity contribution in [3.05, 3.63) is 70.3 Å². The van der Waals surface area contributed by atoms with Crippen molar-refractivity contribution < 1.29 is 14.5 Å². The highest BCUT2D eigenvalue weighted by molar-refractivity contribution is 7.00. The standard InChI is InChI=1S/C17H18O2.HOP/c1-11-9-12(2)15(13(3)10-11)17(19)16(18)14-7-5-4-6-8-14;1-2/h4-10,16,18H,1-3H3;2H. The molecule has 0 saturated heterocycles. The lowest BCUT2D eigenvalue weighted by atomic mass is 9.92. The molecule has 2 rings (SSSR count). The van der Waals surface area contributed by atoms with Gasteiger partial charge in [0, 0.05) is 5.56 Å². The first-order valence-electron chi connectivity index (χ1n) is 6.56. The summed E-state index contributed by atoms with van der Waals surface area (Å²) in [6.45, 7) is 5.82. The molecule has 0 aliphatic heterocycles. The normalized spacial score (nSPS) is 11.2. The van der Waals surface area contributed by atoms with Gasteiger partial charge in [0.2, 0.25) is 0 Å². The van der Waals surface area contributed by atoms with E-state index in [1.807, 2.05) is 51.1 Å². The van der Waals surface area contributed by atoms with Gasteiger partial charge in [-0.3, -0.25) is 9.36 Å². The minimum atomic E-state index is -1.10. The van der Waals surface area contributed by atoms with Gasteiger partial charge in [0.25, 0.3) is 0 Å². The van der Waals surface area contributed by atoms with Crippen LogP contribution in [0.15, 0.2) is 42.5 Å². The van der Waals surface area contributed by atoms with E-state index in [0.717, 1.165) is 16.7 Å². The summed E-state index contributed by atoms with van der Waals surface area (Å²) in [6, 6.07) is 13.0. The van der Waals surface area contributed by atoms with Crippen LogP contribution in [0.5, 0.6) is 0 Å². The van der Waals surface area contributed by atoms with Crippen LogP contribution in [0.2, 0.25) is 0 Å². The second kappa shape index (κ2) is 7.82. The first kappa shape index (κ1) is 17.2. The fraction of sp³-hybridized carbons (Fsp3) is 0.235. The van der Waals surface area contributed by atoms with Crippen LogP contribution in [0.1, 0.15) is 38.7 Å². The quantitative estimate of drug-likeness (QED) is 0.688. The van der Waals surface area contributed by atoms with Gasteiger partial charge in [0.05, 0.1) is 0 Å². The number of benzene rings is 2. The van der Waals surface area contributed by atoms with Gasteiger partial charge in [-0.25, -0.2) is 0 Å². The van der Waals surface area contributed by atoms with E-state index in [1.54, 1.807) is 21.3 Å². The molecule has 0 aromatic heterocycles. The van der Waals surface area contributed by atoms with Crippen molar-refractivity contribution in [3.63, 3.8) is 0 Å². The molecule has 0 saturated carbocycles. The van der Waals surface area contributed by atoms with E-state index in [4.69, 9.17) is 4.57 Å². The molecule has 21 heavy (non-hydrogen) atoms. The lowest BCUT2D eigenvalue weighted by Gasteiger charge is -2.14. The summed E-state index contributed by atoms with van der Waals surface area (Å²) in [6.07, 6.45) is -1.10. The van der Waals surface area contributed by atoms with Gasteiger partial charge in [-0.15, -0.1) is 0 Å². The maximum atomic E-state index is 12.4. The zero-order chi connectivity index (χ0) is 16.0. The summed E-state index contributed by atoms with van der Waals surface area (Å²) in [5.74, 6) is -0.235. The van der Waals surface area contributed by atoms with Gasteiger partial charge < -0.3 is 5.11 Å². The smallest absolute Gasteiger partial charge is 0.196 e. The molecule has 0 aliphatic carbocycles. The molecule has 0 spiro atoms. The highest BCUT2D eigenvalue weighted by Gasteiger charge is 2.22. The van der Waals surface area contributed by atoms with E-state index < -0.39 is 6.10 Å². The molecule has 0 fully saturated rings. The molecule has 110 valence electrons. The van der Waals surface area contributed by atoms with Gasteiger partial charge in [-0.1, -0.05) is 48.0 Å². The molecule has 4 heteroatoms. The number of hydrogen-bond acceptors (Lipinski definition) is 3. The second-order valence-corrected chi connectivity index (χ2v) is 4.95. The van der Waals surface area contributed by atoms with Crippen LogP contribution < -0.4 is 0 Å². The van der Waals surface area contributed by atoms with Crippen molar-refractivity contribution in [2.45, 2.75) is 26.9 Å². The molecule has 0 amide bonds. The van der Waals surface area contributed by atoms with Crippen LogP contribution in [-0.4, -0.2) is 10.9 Å². The molecule has 0 heterocycles. The van der Waals surface area contributed by atoms with Crippen LogP contribution in [0.25, 0.3) is 0 Å². The molecular weight excluding hydrogens is 283 g/mol. The highest BCUT2D eigenvalue weighted by atomic mass is 31.0. The lowest BCUT2D eigenvalue weighted by molar-refractivity contribution is 0.0746. The Kier molecular flexibility index (Phi) is 6.41. The molecule has 2 aromatic carbocycles. The maximum Gasteiger partial charge on any atom is 0.196 e. The topological polar surface area (TPSA) is 54.4 Å². The van der Waals surface area contributed by atoms with Gasteiger partial charge in [-0.05, 0) is 37.5 Å². The average Bonchev–Trinajstić information content (AvgIpc) is 2.48. The molecule has 1 unspecified atom stereocenters. The number of ketones is 1. The molecule has 0 aliphatic rings. The number of Topliss-reactive ketones (excluding diaryl/α,β-unsaturated/α-hetero) is 1. The van der Waals surface area contributed by atoms with Crippen LogP contribution in [0.3, 0.4) is 0 Å². The Morgan fingerprint density at radius 3 is 1.95 bits per heavy atom. The minimum Gasteiger partial charge on any atom is -0.380 e. The fourth-order valence-electron chi connectivity index (χ4n) is 2.49. The zero-order valence-electron chi connectivity index (χ0n) is 12.4. The Morgan fingerprint density at radius 1 is 1.00 bits per heavy atom. The predicted molar refractivity (Wildman–Crippen MR) is 85.4 cm³/mol. The van der Waals surface area contributed by atoms with E-state index in [0.29, 0.717) is 11.1 Å². The maximum absolute atomic E-state index is 12.4. The Labute approximate surface area is 127 Å². The van der Waals surface area contributed by atoms with E-state index >= 15 is 0 Å². The Balaban J connectivity index is 0.00000106. The molecule has 1 atom stereocenters. The summed E-state index contributed by atoms with van der Waals surface area (Å²) in [5, 5.41) is 10.2. The van der Waals surface area contributed by atoms with Crippen LogP contribution in [0.4, 0.5) is 0 Å². The van der Waals surface area contributed by atoms with E-state index in [9.17, 15) is 9.90 Å². The van der Waals surface area contributed by atoms with Crippen molar-refractivity contribution in [1.29, 1.82) is 0 Å². The van der Waals surface area contributed by atoms with Crippen molar-refractivity contribution >= 4 is 14.9 Å². The molecule has 3 nitrogen and oxygen atoms in total. The van der Waals surface area contributed by atoms with Crippen LogP contribution in [0, 0.1) is 20.8 Å². The number of aryl methyl sites for hydroxylation is 3. The highest BCUT2D eigenvalue weighted by Crippen LogP contribution is 2.24. The summed E-state index contributed by atoms with van der Waals surface area (Å²) in [5.41, 5.74) is 4.21. The largest absolute Gasteiger partial charge is 0.380 e. The Morgan fingerprint density at radius 2 is 1.48 bits per heavy atom. The summed E-state index contributed by atoms with van der Waals surface area (Å²) < 4.78 is 8.06. The number of hydrogen-bond donors (Lipinski definition) is 1. The van der Waals surface area contributed by atoms with Crippen molar-refractivity contribution in [3.8, 4) is 0 Å².